The molecule has 122 valence electrons. The topological polar surface area (TPSA) is 62.7 Å². The molecule has 0 unspecified atom stereocenters. The first-order valence-electron chi connectivity index (χ1n) is 7.87. The standard InChI is InChI=1S/C15H20N6OS/c1-11(14-16-12(2)18-22-14)20-5-3-19(4-6-20)9-13-10-21-7-8-23-15(21)17-13/h7-8,10-11H,3-6,9H2,1-2H3/t11-/m0/s1. The van der Waals surface area contributed by atoms with Gasteiger partial charge in [-0.25, -0.2) is 4.98 Å². The molecule has 23 heavy (non-hydrogen) atoms. The molecule has 3 aromatic rings. The smallest absolute Gasteiger partial charge is 0.243 e. The Kier molecular flexibility index (Phi) is 3.88. The van der Waals surface area contributed by atoms with Crippen LogP contribution < -0.4 is 0 Å². The number of aryl methyl sites for hydroxylation is 1. The Balaban J connectivity index is 1.34. The average Bonchev–Trinajstić information content (AvgIpc) is 3.23. The average molecular weight is 332 g/mol. The van der Waals surface area contributed by atoms with E-state index in [2.05, 4.69) is 54.0 Å². The van der Waals surface area contributed by atoms with Gasteiger partial charge in [-0.3, -0.25) is 14.2 Å². The SMILES string of the molecule is Cc1noc([C@H](C)N2CCN(Cc3cn4ccsc4n3)CC2)n1. The Labute approximate surface area is 138 Å². The van der Waals surface area contributed by atoms with Crippen molar-refractivity contribution < 1.29 is 4.52 Å². The summed E-state index contributed by atoms with van der Waals surface area (Å²) in [6.45, 7) is 8.97. The molecule has 1 fully saturated rings. The molecule has 0 saturated carbocycles. The molecule has 0 bridgehead atoms. The fourth-order valence-electron chi connectivity index (χ4n) is 3.03. The Morgan fingerprint density at radius 3 is 2.78 bits per heavy atom. The molecule has 0 N–H and O–H groups in total. The van der Waals surface area contributed by atoms with Crippen molar-refractivity contribution in [2.45, 2.75) is 26.4 Å². The highest BCUT2D eigenvalue weighted by molar-refractivity contribution is 7.15. The number of hydrogen-bond donors (Lipinski definition) is 0. The van der Waals surface area contributed by atoms with Crippen LogP contribution in [0.15, 0.2) is 22.3 Å². The lowest BCUT2D eigenvalue weighted by molar-refractivity contribution is 0.0839. The molecule has 3 aromatic heterocycles. The van der Waals surface area contributed by atoms with E-state index in [9.17, 15) is 0 Å². The zero-order valence-corrected chi connectivity index (χ0v) is 14.2. The molecule has 1 atom stereocenters. The summed E-state index contributed by atoms with van der Waals surface area (Å²) in [6.07, 6.45) is 4.19. The van der Waals surface area contributed by atoms with E-state index in [1.807, 2.05) is 6.92 Å². The molecule has 0 amide bonds. The summed E-state index contributed by atoms with van der Waals surface area (Å²) in [6, 6.07) is 0.177. The Hall–Kier alpha value is -1.77. The first kappa shape index (κ1) is 14.8. The van der Waals surface area contributed by atoms with Gasteiger partial charge in [0.05, 0.1) is 11.7 Å². The second-order valence-electron chi connectivity index (χ2n) is 5.99. The predicted octanol–water partition coefficient (Wildman–Crippen LogP) is 1.97. The monoisotopic (exact) mass is 332 g/mol. The van der Waals surface area contributed by atoms with E-state index >= 15 is 0 Å². The number of rotatable bonds is 4. The lowest BCUT2D eigenvalue weighted by Crippen LogP contribution is -2.46. The minimum atomic E-state index is 0.177. The zero-order chi connectivity index (χ0) is 15.8. The largest absolute Gasteiger partial charge is 0.338 e. The number of nitrogens with zero attached hydrogens (tertiary/aromatic N) is 6. The van der Waals surface area contributed by atoms with Gasteiger partial charge in [-0.2, -0.15) is 4.98 Å². The minimum Gasteiger partial charge on any atom is -0.338 e. The van der Waals surface area contributed by atoms with Gasteiger partial charge in [0.1, 0.15) is 0 Å². The summed E-state index contributed by atoms with van der Waals surface area (Å²) in [4.78, 5) is 14.9. The fourth-order valence-corrected chi connectivity index (χ4v) is 3.75. The van der Waals surface area contributed by atoms with Crippen LogP contribution in [0.25, 0.3) is 4.96 Å². The second kappa shape index (κ2) is 6.03. The highest BCUT2D eigenvalue weighted by Crippen LogP contribution is 2.21. The summed E-state index contributed by atoms with van der Waals surface area (Å²) in [7, 11) is 0. The summed E-state index contributed by atoms with van der Waals surface area (Å²) < 4.78 is 7.39. The van der Waals surface area contributed by atoms with Gasteiger partial charge in [-0.1, -0.05) is 5.16 Å². The maximum atomic E-state index is 5.30. The van der Waals surface area contributed by atoms with E-state index in [4.69, 9.17) is 4.52 Å². The van der Waals surface area contributed by atoms with E-state index in [1.54, 1.807) is 11.3 Å². The maximum absolute atomic E-state index is 5.30. The Morgan fingerprint density at radius 1 is 1.26 bits per heavy atom. The van der Waals surface area contributed by atoms with Crippen molar-refractivity contribution in [3.8, 4) is 0 Å². The highest BCUT2D eigenvalue weighted by atomic mass is 32.1. The summed E-state index contributed by atoms with van der Waals surface area (Å²) in [5.41, 5.74) is 1.14. The lowest BCUT2D eigenvalue weighted by atomic mass is 10.2. The van der Waals surface area contributed by atoms with Crippen molar-refractivity contribution in [3.05, 3.63) is 35.2 Å². The van der Waals surface area contributed by atoms with Gasteiger partial charge in [0.25, 0.3) is 0 Å². The van der Waals surface area contributed by atoms with Crippen molar-refractivity contribution in [1.29, 1.82) is 0 Å². The highest BCUT2D eigenvalue weighted by Gasteiger charge is 2.25. The van der Waals surface area contributed by atoms with E-state index in [1.165, 1.54) is 0 Å². The first-order chi connectivity index (χ1) is 11.2. The van der Waals surface area contributed by atoms with Crippen LogP contribution in [-0.2, 0) is 6.54 Å². The third-order valence-electron chi connectivity index (χ3n) is 4.38. The molecule has 0 radical (unpaired) electrons. The molecule has 1 saturated heterocycles. The van der Waals surface area contributed by atoms with E-state index in [0.29, 0.717) is 11.7 Å². The second-order valence-corrected chi connectivity index (χ2v) is 6.87. The Bertz CT molecular complexity index is 756. The third kappa shape index (κ3) is 3.01. The number of fused-ring (bicyclic) bond motifs is 1. The molecular weight excluding hydrogens is 312 g/mol. The number of imidazole rings is 1. The van der Waals surface area contributed by atoms with Crippen LogP contribution in [-0.4, -0.2) is 55.5 Å². The van der Waals surface area contributed by atoms with Gasteiger partial charge in [0.15, 0.2) is 10.8 Å². The van der Waals surface area contributed by atoms with Crippen molar-refractivity contribution in [3.63, 3.8) is 0 Å². The van der Waals surface area contributed by atoms with Gasteiger partial charge < -0.3 is 4.52 Å². The first-order valence-corrected chi connectivity index (χ1v) is 8.75. The van der Waals surface area contributed by atoms with Crippen LogP contribution in [0.2, 0.25) is 0 Å². The Morgan fingerprint density at radius 2 is 2.09 bits per heavy atom. The predicted molar refractivity (Wildman–Crippen MR) is 87.4 cm³/mol. The van der Waals surface area contributed by atoms with Gasteiger partial charge in [0, 0.05) is 50.5 Å². The number of piperazine rings is 1. The van der Waals surface area contributed by atoms with Gasteiger partial charge in [-0.05, 0) is 13.8 Å². The number of thiazole rings is 1. The zero-order valence-electron chi connectivity index (χ0n) is 13.3. The lowest BCUT2D eigenvalue weighted by Gasteiger charge is -2.36. The maximum Gasteiger partial charge on any atom is 0.243 e. The molecule has 4 heterocycles. The van der Waals surface area contributed by atoms with Gasteiger partial charge in [0.2, 0.25) is 5.89 Å². The molecule has 8 heteroatoms. The van der Waals surface area contributed by atoms with Gasteiger partial charge >= 0.3 is 0 Å². The summed E-state index contributed by atoms with van der Waals surface area (Å²) in [5, 5.41) is 5.95. The molecular formula is C15H20N6OS. The molecule has 1 aliphatic heterocycles. The molecule has 0 aromatic carbocycles. The van der Waals surface area contributed by atoms with Crippen LogP contribution in [0.1, 0.15) is 30.4 Å². The number of aromatic nitrogens is 4. The van der Waals surface area contributed by atoms with Crippen molar-refractivity contribution in [2.24, 2.45) is 0 Å². The van der Waals surface area contributed by atoms with Crippen LogP contribution in [0.5, 0.6) is 0 Å². The van der Waals surface area contributed by atoms with Crippen molar-refractivity contribution >= 4 is 16.3 Å². The molecule has 0 spiro atoms. The van der Waals surface area contributed by atoms with Crippen molar-refractivity contribution in [1.82, 2.24) is 29.3 Å². The number of hydrogen-bond acceptors (Lipinski definition) is 7. The summed E-state index contributed by atoms with van der Waals surface area (Å²) >= 11 is 1.68. The van der Waals surface area contributed by atoms with Crippen LogP contribution in [0.3, 0.4) is 0 Å². The molecule has 0 aliphatic carbocycles. The van der Waals surface area contributed by atoms with E-state index in [0.717, 1.165) is 43.4 Å². The van der Waals surface area contributed by atoms with Crippen LogP contribution in [0, 0.1) is 6.92 Å². The molecule has 4 rings (SSSR count). The quantitative estimate of drug-likeness (QED) is 0.728. The summed E-state index contributed by atoms with van der Waals surface area (Å²) in [5.74, 6) is 1.41. The van der Waals surface area contributed by atoms with Gasteiger partial charge in [-0.15, -0.1) is 11.3 Å². The molecule has 7 nitrogen and oxygen atoms in total. The van der Waals surface area contributed by atoms with Crippen molar-refractivity contribution in [2.75, 3.05) is 26.2 Å². The minimum absolute atomic E-state index is 0.177. The van der Waals surface area contributed by atoms with Crippen LogP contribution in [0.4, 0.5) is 0 Å². The van der Waals surface area contributed by atoms with Crippen LogP contribution >= 0.6 is 11.3 Å². The van der Waals surface area contributed by atoms with E-state index in [-0.39, 0.29) is 6.04 Å². The normalized spacial score (nSPS) is 18.7. The third-order valence-corrected chi connectivity index (χ3v) is 5.15. The van der Waals surface area contributed by atoms with E-state index < -0.39 is 0 Å². The fraction of sp³-hybridized carbons (Fsp3) is 0.533. The molecule has 1 aliphatic rings.